The molecule has 5 nitrogen and oxygen atoms in total. The maximum atomic E-state index is 12.6. The fraction of sp³-hybridized carbons (Fsp3) is 0.611. The number of thiophene rings is 1. The van der Waals surface area contributed by atoms with E-state index in [9.17, 15) is 9.59 Å². The number of ether oxygens (including phenoxy) is 1. The number of nitrogens with zero attached hydrogens (tertiary/aromatic N) is 1. The smallest absolute Gasteiger partial charge is 0.309 e. The molecule has 128 valence electrons. The third kappa shape index (κ3) is 2.66. The molecule has 24 heavy (non-hydrogen) atoms. The molecule has 4 rings (SSSR count). The van der Waals surface area contributed by atoms with E-state index in [2.05, 4.69) is 16.9 Å². The first-order valence-corrected chi connectivity index (χ1v) is 9.59. The van der Waals surface area contributed by atoms with Gasteiger partial charge < -0.3 is 9.72 Å². The summed E-state index contributed by atoms with van der Waals surface area (Å²) in [4.78, 5) is 34.1. The summed E-state index contributed by atoms with van der Waals surface area (Å²) in [6.45, 7) is 4.02. The average Bonchev–Trinajstić information content (AvgIpc) is 2.82. The van der Waals surface area contributed by atoms with Crippen molar-refractivity contribution in [2.45, 2.75) is 58.5 Å². The Morgan fingerprint density at radius 1 is 1.38 bits per heavy atom. The Kier molecular flexibility index (Phi) is 3.95. The van der Waals surface area contributed by atoms with Gasteiger partial charge in [-0.25, -0.2) is 4.98 Å². The zero-order valence-corrected chi connectivity index (χ0v) is 14.9. The Labute approximate surface area is 144 Å². The standard InChI is InChI=1S/C18H22N2O3S/c1-9-6-7-12-13(8-9)24-17-14(12)16(21)19-15(20-17)10(2)23-18(22)11-4-3-5-11/h9-11H,3-8H2,1-2H3,(H,19,20,21)/t9-,10-/m1/s1. The van der Waals surface area contributed by atoms with Crippen molar-refractivity contribution < 1.29 is 9.53 Å². The quantitative estimate of drug-likeness (QED) is 0.863. The lowest BCUT2D eigenvalue weighted by atomic mass is 9.86. The third-order valence-electron chi connectivity index (χ3n) is 5.30. The molecule has 1 saturated carbocycles. The Hall–Kier alpha value is -1.69. The van der Waals surface area contributed by atoms with Crippen LogP contribution < -0.4 is 5.56 Å². The lowest BCUT2D eigenvalue weighted by Crippen LogP contribution is -2.26. The molecule has 0 aromatic carbocycles. The summed E-state index contributed by atoms with van der Waals surface area (Å²) in [5.74, 6) is 0.965. The van der Waals surface area contributed by atoms with Gasteiger partial charge in [-0.3, -0.25) is 9.59 Å². The number of H-pyrrole nitrogens is 1. The molecule has 1 fully saturated rings. The van der Waals surface area contributed by atoms with Gasteiger partial charge in [0, 0.05) is 4.88 Å². The molecule has 2 aromatic rings. The Bertz CT molecular complexity index is 850. The molecule has 0 saturated heterocycles. The van der Waals surface area contributed by atoms with Crippen LogP contribution in [0.3, 0.4) is 0 Å². The predicted molar refractivity (Wildman–Crippen MR) is 93.3 cm³/mol. The molecule has 0 bridgehead atoms. The first kappa shape index (κ1) is 15.8. The lowest BCUT2D eigenvalue weighted by molar-refractivity contribution is -0.156. The monoisotopic (exact) mass is 346 g/mol. The third-order valence-corrected chi connectivity index (χ3v) is 6.45. The van der Waals surface area contributed by atoms with Crippen LogP contribution in [0.5, 0.6) is 0 Å². The number of aryl methyl sites for hydroxylation is 1. The van der Waals surface area contributed by atoms with E-state index >= 15 is 0 Å². The highest BCUT2D eigenvalue weighted by atomic mass is 32.1. The summed E-state index contributed by atoms with van der Waals surface area (Å²) < 4.78 is 5.50. The van der Waals surface area contributed by atoms with E-state index in [0.717, 1.165) is 48.7 Å². The van der Waals surface area contributed by atoms with E-state index in [4.69, 9.17) is 4.74 Å². The number of aromatic amines is 1. The second-order valence-electron chi connectivity index (χ2n) is 7.19. The van der Waals surface area contributed by atoms with Crippen molar-refractivity contribution in [3.8, 4) is 0 Å². The predicted octanol–water partition coefficient (Wildman–Crippen LogP) is 3.51. The number of carbonyl (C=O) groups is 1. The SMILES string of the molecule is C[C@@H]1CCc2c(sc3nc([C@@H](C)OC(=O)C4CCC4)[nH]c(=O)c23)C1. The molecule has 2 aromatic heterocycles. The van der Waals surface area contributed by atoms with Crippen LogP contribution >= 0.6 is 11.3 Å². The second kappa shape index (κ2) is 5.99. The van der Waals surface area contributed by atoms with E-state index in [1.165, 1.54) is 10.4 Å². The van der Waals surface area contributed by atoms with Gasteiger partial charge in [-0.05, 0) is 50.5 Å². The fourth-order valence-corrected chi connectivity index (χ4v) is 4.92. The van der Waals surface area contributed by atoms with Crippen molar-refractivity contribution >= 4 is 27.5 Å². The summed E-state index contributed by atoms with van der Waals surface area (Å²) in [5.41, 5.74) is 1.07. The number of hydrogen-bond donors (Lipinski definition) is 1. The topological polar surface area (TPSA) is 72.0 Å². The van der Waals surface area contributed by atoms with Crippen molar-refractivity contribution in [3.05, 3.63) is 26.6 Å². The minimum absolute atomic E-state index is 0.0263. The molecule has 0 spiro atoms. The van der Waals surface area contributed by atoms with Crippen LogP contribution in [0.25, 0.3) is 10.2 Å². The average molecular weight is 346 g/mol. The van der Waals surface area contributed by atoms with Crippen LogP contribution in [0.2, 0.25) is 0 Å². The van der Waals surface area contributed by atoms with E-state index < -0.39 is 6.10 Å². The van der Waals surface area contributed by atoms with Gasteiger partial charge in [-0.2, -0.15) is 0 Å². The number of hydrogen-bond acceptors (Lipinski definition) is 5. The van der Waals surface area contributed by atoms with E-state index in [0.29, 0.717) is 11.7 Å². The highest BCUT2D eigenvalue weighted by Gasteiger charge is 2.29. The van der Waals surface area contributed by atoms with Crippen LogP contribution in [0.1, 0.15) is 61.9 Å². The Morgan fingerprint density at radius 2 is 2.17 bits per heavy atom. The van der Waals surface area contributed by atoms with Gasteiger partial charge in [0.1, 0.15) is 4.83 Å². The lowest BCUT2D eigenvalue weighted by Gasteiger charge is -2.24. The van der Waals surface area contributed by atoms with Gasteiger partial charge in [-0.15, -0.1) is 11.3 Å². The molecule has 0 aliphatic heterocycles. The number of fused-ring (bicyclic) bond motifs is 3. The summed E-state index contributed by atoms with van der Waals surface area (Å²) in [6, 6.07) is 0. The molecular weight excluding hydrogens is 324 g/mol. The van der Waals surface area contributed by atoms with E-state index in [1.54, 1.807) is 18.3 Å². The normalized spacial score (nSPS) is 22.0. The molecule has 2 aliphatic rings. The van der Waals surface area contributed by atoms with Crippen LogP contribution in [0.4, 0.5) is 0 Å². The molecule has 6 heteroatoms. The van der Waals surface area contributed by atoms with Crippen molar-refractivity contribution in [1.82, 2.24) is 9.97 Å². The number of carbonyl (C=O) groups excluding carboxylic acids is 1. The molecule has 2 atom stereocenters. The summed E-state index contributed by atoms with van der Waals surface area (Å²) in [5, 5.41) is 0.739. The summed E-state index contributed by atoms with van der Waals surface area (Å²) >= 11 is 1.62. The van der Waals surface area contributed by atoms with Gasteiger partial charge in [0.15, 0.2) is 11.9 Å². The minimum Gasteiger partial charge on any atom is -0.454 e. The van der Waals surface area contributed by atoms with Gasteiger partial charge >= 0.3 is 5.97 Å². The summed E-state index contributed by atoms with van der Waals surface area (Å²) in [7, 11) is 0. The van der Waals surface area contributed by atoms with Crippen molar-refractivity contribution in [2.75, 3.05) is 0 Å². The molecule has 2 aliphatic carbocycles. The maximum Gasteiger partial charge on any atom is 0.309 e. The number of rotatable bonds is 3. The Balaban J connectivity index is 1.65. The van der Waals surface area contributed by atoms with Crippen molar-refractivity contribution in [2.24, 2.45) is 11.8 Å². The largest absolute Gasteiger partial charge is 0.454 e. The molecule has 0 amide bonds. The number of esters is 1. The van der Waals surface area contributed by atoms with E-state index in [-0.39, 0.29) is 17.4 Å². The van der Waals surface area contributed by atoms with Crippen LogP contribution in [-0.2, 0) is 22.4 Å². The number of nitrogens with one attached hydrogen (secondary N) is 1. The van der Waals surface area contributed by atoms with Crippen molar-refractivity contribution in [3.63, 3.8) is 0 Å². The van der Waals surface area contributed by atoms with Gasteiger partial charge in [0.2, 0.25) is 0 Å². The zero-order chi connectivity index (χ0) is 16.8. The molecule has 0 unspecified atom stereocenters. The van der Waals surface area contributed by atoms with Crippen LogP contribution in [-0.4, -0.2) is 15.9 Å². The zero-order valence-electron chi connectivity index (χ0n) is 14.1. The van der Waals surface area contributed by atoms with E-state index in [1.807, 2.05) is 0 Å². The first-order chi connectivity index (χ1) is 11.5. The molecular formula is C18H22N2O3S. The highest BCUT2D eigenvalue weighted by molar-refractivity contribution is 7.18. The summed E-state index contributed by atoms with van der Waals surface area (Å²) in [6.07, 6.45) is 5.48. The number of aromatic nitrogens is 2. The highest BCUT2D eigenvalue weighted by Crippen LogP contribution is 2.36. The minimum atomic E-state index is -0.520. The van der Waals surface area contributed by atoms with Gasteiger partial charge in [0.05, 0.1) is 11.3 Å². The fourth-order valence-electron chi connectivity index (χ4n) is 3.53. The van der Waals surface area contributed by atoms with Crippen molar-refractivity contribution in [1.29, 1.82) is 0 Å². The second-order valence-corrected chi connectivity index (χ2v) is 8.27. The Morgan fingerprint density at radius 3 is 2.88 bits per heavy atom. The van der Waals surface area contributed by atoms with Crippen LogP contribution in [0.15, 0.2) is 4.79 Å². The van der Waals surface area contributed by atoms with Gasteiger partial charge in [-0.1, -0.05) is 13.3 Å². The van der Waals surface area contributed by atoms with Crippen LogP contribution in [0, 0.1) is 11.8 Å². The molecule has 2 heterocycles. The molecule has 1 N–H and O–H groups in total. The maximum absolute atomic E-state index is 12.6. The first-order valence-electron chi connectivity index (χ1n) is 8.78. The molecule has 0 radical (unpaired) electrons. The van der Waals surface area contributed by atoms with Gasteiger partial charge in [0.25, 0.3) is 5.56 Å².